The quantitative estimate of drug-likeness (QED) is 0.612. The second kappa shape index (κ2) is 5.78. The molecule has 0 spiro atoms. The maximum Gasteiger partial charge on any atom is 0.523 e. The molecule has 0 aliphatic heterocycles. The van der Waals surface area contributed by atoms with Crippen molar-refractivity contribution >= 4 is 20.4 Å². The highest BCUT2D eigenvalue weighted by Crippen LogP contribution is 2.56. The third kappa shape index (κ3) is 3.76. The van der Waals surface area contributed by atoms with E-state index < -0.39 is 32.8 Å². The third-order valence-corrected chi connectivity index (χ3v) is 6.17. The van der Waals surface area contributed by atoms with Gasteiger partial charge in [0, 0.05) is 0 Å². The second-order valence-electron chi connectivity index (χ2n) is 3.90. The minimum absolute atomic E-state index is 0.0606. The van der Waals surface area contributed by atoms with E-state index in [1.54, 1.807) is 0 Å². The molecule has 1 aromatic rings. The van der Waals surface area contributed by atoms with Crippen molar-refractivity contribution in [2.45, 2.75) is 10.4 Å². The van der Waals surface area contributed by atoms with Crippen LogP contribution in [-0.2, 0) is 13.7 Å². The zero-order valence-electron chi connectivity index (χ0n) is 10.5. The van der Waals surface area contributed by atoms with Gasteiger partial charge in [0.05, 0.1) is 4.90 Å². The molecule has 0 unspecified atom stereocenters. The van der Waals surface area contributed by atoms with E-state index in [1.165, 1.54) is 36.8 Å². The van der Waals surface area contributed by atoms with Crippen LogP contribution in [0.2, 0.25) is 0 Å². The Balaban J connectivity index is 3.18. The van der Waals surface area contributed by atoms with Crippen LogP contribution in [0.4, 0.5) is 17.6 Å². The van der Waals surface area contributed by atoms with E-state index in [-0.39, 0.29) is 10.6 Å². The Bertz CT molecular complexity index is 569. The predicted octanol–water partition coefficient (Wildman–Crippen LogP) is 3.20. The maximum absolute atomic E-state index is 12.3. The smallest absolute Gasteiger partial charge is 0.462 e. The lowest BCUT2D eigenvalue weighted by molar-refractivity contribution is -0.0496. The van der Waals surface area contributed by atoms with E-state index in [2.05, 4.69) is 8.37 Å². The highest BCUT2D eigenvalue weighted by Gasteiger charge is 2.50. The number of hydrogen-bond donors (Lipinski definition) is 0. The summed E-state index contributed by atoms with van der Waals surface area (Å²) in [6.45, 7) is -1.20. The van der Waals surface area contributed by atoms with Crippen LogP contribution in [0.5, 0.6) is 5.75 Å². The average Bonchev–Trinajstić information content (AvgIpc) is 2.27. The first-order valence-electron chi connectivity index (χ1n) is 5.05. The van der Waals surface area contributed by atoms with Gasteiger partial charge in [0.25, 0.3) is 0 Å². The number of benzene rings is 1. The van der Waals surface area contributed by atoms with Crippen molar-refractivity contribution in [1.29, 1.82) is 0 Å². The van der Waals surface area contributed by atoms with E-state index >= 15 is 0 Å². The topological polar surface area (TPSA) is 52.6 Å². The van der Waals surface area contributed by atoms with E-state index in [9.17, 15) is 26.0 Å². The van der Waals surface area contributed by atoms with Crippen LogP contribution in [0.25, 0.3) is 0 Å². The predicted molar refractivity (Wildman–Crippen MR) is 66.8 cm³/mol. The average molecular weight is 336 g/mol. The summed E-state index contributed by atoms with van der Waals surface area (Å²) >= 11 is 0. The molecular formula is C10H12F4O4S2. The molecule has 0 aromatic heterocycles. The summed E-state index contributed by atoms with van der Waals surface area (Å²) in [5.41, 5.74) is -5.52. The van der Waals surface area contributed by atoms with Gasteiger partial charge < -0.3 is 4.74 Å². The molecule has 0 radical (unpaired) electrons. The van der Waals surface area contributed by atoms with Gasteiger partial charge in [0.15, 0.2) is 0 Å². The van der Waals surface area contributed by atoms with Crippen LogP contribution in [-0.4, -0.2) is 33.3 Å². The Morgan fingerprint density at radius 2 is 1.70 bits per heavy atom. The zero-order chi connectivity index (χ0) is 15.6. The van der Waals surface area contributed by atoms with E-state index in [0.717, 1.165) is 0 Å². The Labute approximate surface area is 115 Å². The fourth-order valence-corrected chi connectivity index (χ4v) is 4.74. The first-order chi connectivity index (χ1) is 9.01. The monoisotopic (exact) mass is 336 g/mol. The molecule has 0 aliphatic carbocycles. The molecule has 0 aliphatic rings. The molecular weight excluding hydrogens is 324 g/mol. The first-order valence-corrected chi connectivity index (χ1v) is 8.83. The van der Waals surface area contributed by atoms with Crippen LogP contribution < -0.4 is 4.74 Å². The van der Waals surface area contributed by atoms with Gasteiger partial charge in [-0.25, -0.2) is 8.02 Å². The molecule has 0 bridgehead atoms. The maximum atomic E-state index is 12.3. The van der Waals surface area contributed by atoms with Gasteiger partial charge in [0.2, 0.25) is 6.86 Å². The number of para-hydroxylation sites is 1. The molecule has 1 rings (SSSR count). The van der Waals surface area contributed by atoms with Crippen LogP contribution in [0.3, 0.4) is 0 Å². The Hall–Kier alpha value is -1.00. The lowest BCUT2D eigenvalue weighted by Gasteiger charge is -2.31. The highest BCUT2D eigenvalue weighted by molar-refractivity contribution is 8.32. The van der Waals surface area contributed by atoms with Crippen LogP contribution in [0.15, 0.2) is 29.2 Å². The molecule has 0 fully saturated rings. The van der Waals surface area contributed by atoms with Gasteiger partial charge in [-0.2, -0.15) is 21.6 Å². The van der Waals surface area contributed by atoms with Crippen LogP contribution in [0, 0.1) is 0 Å². The van der Waals surface area contributed by atoms with Crippen molar-refractivity contribution < 1.29 is 34.3 Å². The zero-order valence-corrected chi connectivity index (χ0v) is 12.1. The number of halogens is 4. The third-order valence-electron chi connectivity index (χ3n) is 2.13. The van der Waals surface area contributed by atoms with Crippen molar-refractivity contribution in [3.8, 4) is 5.75 Å². The van der Waals surface area contributed by atoms with Gasteiger partial charge in [0.1, 0.15) is 5.75 Å². The summed E-state index contributed by atoms with van der Waals surface area (Å²) in [6, 6.07) is 5.57. The molecule has 1 aromatic carbocycles. The Morgan fingerprint density at radius 1 is 1.15 bits per heavy atom. The molecule has 0 heterocycles. The Morgan fingerprint density at radius 3 is 2.20 bits per heavy atom. The molecule has 0 N–H and O–H groups in total. The van der Waals surface area contributed by atoms with Gasteiger partial charge in [-0.1, -0.05) is 22.4 Å². The summed E-state index contributed by atoms with van der Waals surface area (Å²) < 4.78 is 80.3. The number of rotatable bonds is 5. The molecule has 0 amide bonds. The minimum atomic E-state index is -5.75. The normalized spacial score (nSPS) is 14.1. The fraction of sp³-hybridized carbons (Fsp3) is 0.400. The molecule has 0 atom stereocenters. The number of hydrogen-bond acceptors (Lipinski definition) is 4. The molecule has 4 nitrogen and oxygen atoms in total. The molecule has 10 heteroatoms. The number of ether oxygens (including phenoxy) is 1. The summed E-state index contributed by atoms with van der Waals surface area (Å²) in [7, 11) is -8.60. The molecule has 20 heavy (non-hydrogen) atoms. The van der Waals surface area contributed by atoms with Crippen molar-refractivity contribution in [2.24, 2.45) is 0 Å². The second-order valence-corrected chi connectivity index (χ2v) is 8.72. The summed E-state index contributed by atoms with van der Waals surface area (Å²) in [5, 5.41) is 0. The van der Waals surface area contributed by atoms with Gasteiger partial charge in [-0.05, 0) is 24.6 Å². The van der Waals surface area contributed by atoms with E-state index in [4.69, 9.17) is 0 Å². The van der Waals surface area contributed by atoms with Gasteiger partial charge >= 0.3 is 15.6 Å². The Kier molecular flexibility index (Phi) is 4.93. The van der Waals surface area contributed by atoms with E-state index in [1.807, 2.05) is 0 Å². The molecule has 0 saturated carbocycles. The van der Waals surface area contributed by atoms with E-state index in [0.29, 0.717) is 0 Å². The lowest BCUT2D eigenvalue weighted by atomic mass is 10.3. The van der Waals surface area contributed by atoms with Crippen LogP contribution >= 0.6 is 10.3 Å². The van der Waals surface area contributed by atoms with Crippen molar-refractivity contribution in [3.05, 3.63) is 24.3 Å². The first kappa shape index (κ1) is 17.1. The van der Waals surface area contributed by atoms with Crippen molar-refractivity contribution in [1.82, 2.24) is 0 Å². The lowest BCUT2D eigenvalue weighted by Crippen LogP contribution is -2.26. The SMILES string of the molecule is CS(C)(OS(=O)(=O)C(F)(F)F)c1ccccc1OCF. The minimum Gasteiger partial charge on any atom is -0.462 e. The molecule has 0 saturated heterocycles. The largest absolute Gasteiger partial charge is 0.523 e. The van der Waals surface area contributed by atoms with Crippen LogP contribution in [0.1, 0.15) is 0 Å². The standard InChI is InChI=1S/C10H12F4O4S2/c1-19(2,18-20(15,16)10(12,13)14)9-6-4-3-5-8(9)17-7-11/h3-6H,7H2,1-2H3. The fourth-order valence-electron chi connectivity index (χ4n) is 1.33. The van der Waals surface area contributed by atoms with Crippen molar-refractivity contribution in [2.75, 3.05) is 19.4 Å². The summed E-state index contributed by atoms with van der Waals surface area (Å²) in [5.74, 6) is -0.0626. The van der Waals surface area contributed by atoms with Crippen molar-refractivity contribution in [3.63, 3.8) is 0 Å². The molecule has 116 valence electrons. The van der Waals surface area contributed by atoms with Gasteiger partial charge in [-0.3, -0.25) is 0 Å². The summed E-state index contributed by atoms with van der Waals surface area (Å²) in [6.07, 6.45) is 2.38. The van der Waals surface area contributed by atoms with Gasteiger partial charge in [-0.15, -0.1) is 0 Å². The summed E-state index contributed by atoms with van der Waals surface area (Å²) in [4.78, 5) is 0.0606. The highest BCUT2D eigenvalue weighted by atomic mass is 32.3. The number of alkyl halides is 4.